The molecule has 0 aromatic heterocycles. The Labute approximate surface area is 126 Å². The Morgan fingerprint density at radius 2 is 2.25 bits per heavy atom. The number of rotatable bonds is 2. The van der Waals surface area contributed by atoms with Crippen molar-refractivity contribution in [1.82, 2.24) is 0 Å². The summed E-state index contributed by atoms with van der Waals surface area (Å²) in [6.45, 7) is 0.665. The molecule has 2 fully saturated rings. The zero-order valence-electron chi connectivity index (χ0n) is 10.9. The summed E-state index contributed by atoms with van der Waals surface area (Å²) in [7, 11) is 0. The van der Waals surface area contributed by atoms with E-state index in [9.17, 15) is 8.78 Å². The third-order valence-corrected chi connectivity index (χ3v) is 5.44. The lowest BCUT2D eigenvalue weighted by Crippen LogP contribution is -2.44. The Morgan fingerprint density at radius 1 is 1.40 bits per heavy atom. The van der Waals surface area contributed by atoms with Crippen LogP contribution in [0.4, 0.5) is 14.5 Å². The predicted molar refractivity (Wildman–Crippen MR) is 78.6 cm³/mol. The Balaban J connectivity index is 1.74. The van der Waals surface area contributed by atoms with Crippen LogP contribution < -0.4 is 5.32 Å². The molecule has 2 nitrogen and oxygen atoms in total. The highest BCUT2D eigenvalue weighted by atomic mass is 35.5. The lowest BCUT2D eigenvalue weighted by molar-refractivity contribution is -0.0628. The van der Waals surface area contributed by atoms with Gasteiger partial charge in [-0.15, -0.1) is 0 Å². The van der Waals surface area contributed by atoms with E-state index in [0.29, 0.717) is 6.61 Å². The number of benzene rings is 1. The molecule has 2 atom stereocenters. The number of halogens is 3. The molecule has 2 heterocycles. The Morgan fingerprint density at radius 3 is 2.95 bits per heavy atom. The largest absolute Gasteiger partial charge is 0.379 e. The molecule has 0 saturated carbocycles. The van der Waals surface area contributed by atoms with Crippen molar-refractivity contribution in [3.8, 4) is 0 Å². The van der Waals surface area contributed by atoms with Gasteiger partial charge in [-0.3, -0.25) is 0 Å². The molecule has 3 rings (SSSR count). The van der Waals surface area contributed by atoms with Crippen LogP contribution in [0.15, 0.2) is 12.1 Å². The molecule has 0 radical (unpaired) electrons. The second kappa shape index (κ2) is 5.70. The highest BCUT2D eigenvalue weighted by Gasteiger charge is 2.40. The van der Waals surface area contributed by atoms with Crippen LogP contribution in [0.3, 0.4) is 0 Å². The van der Waals surface area contributed by atoms with Crippen LogP contribution in [0.5, 0.6) is 0 Å². The van der Waals surface area contributed by atoms with Crippen molar-refractivity contribution >= 4 is 29.1 Å². The molecule has 0 bridgehead atoms. The lowest BCUT2D eigenvalue weighted by atomic mass is 9.89. The first-order valence-corrected chi connectivity index (χ1v) is 8.24. The molecule has 2 saturated heterocycles. The summed E-state index contributed by atoms with van der Waals surface area (Å²) in [6.07, 6.45) is 2.68. The monoisotopic (exact) mass is 319 g/mol. The minimum atomic E-state index is -0.659. The van der Waals surface area contributed by atoms with E-state index in [2.05, 4.69) is 5.32 Å². The van der Waals surface area contributed by atoms with Gasteiger partial charge >= 0.3 is 0 Å². The standard InChI is InChI=1S/C14H16ClF2NOS/c15-11-5-9(16)6-12(17)13(11)18-10-1-3-19-14(7-10)2-4-20-8-14/h5-6,10,18H,1-4,7-8H2. The Kier molecular flexibility index (Phi) is 4.11. The van der Waals surface area contributed by atoms with Crippen molar-refractivity contribution in [1.29, 1.82) is 0 Å². The molecule has 1 aromatic rings. The highest BCUT2D eigenvalue weighted by molar-refractivity contribution is 7.99. The Hall–Kier alpha value is -0.520. The zero-order valence-corrected chi connectivity index (χ0v) is 12.5. The van der Waals surface area contributed by atoms with Gasteiger partial charge < -0.3 is 10.1 Å². The topological polar surface area (TPSA) is 21.3 Å². The minimum absolute atomic E-state index is 0.0798. The van der Waals surface area contributed by atoms with E-state index in [1.54, 1.807) is 0 Å². The van der Waals surface area contributed by atoms with Crippen LogP contribution in [-0.4, -0.2) is 29.8 Å². The number of hydrogen-bond acceptors (Lipinski definition) is 3. The van der Waals surface area contributed by atoms with Crippen molar-refractivity contribution in [2.45, 2.75) is 30.9 Å². The molecule has 110 valence electrons. The van der Waals surface area contributed by atoms with Crippen LogP contribution in [0.1, 0.15) is 19.3 Å². The van der Waals surface area contributed by atoms with E-state index in [4.69, 9.17) is 16.3 Å². The maximum absolute atomic E-state index is 13.8. The summed E-state index contributed by atoms with van der Waals surface area (Å²) >= 11 is 7.82. The molecular weight excluding hydrogens is 304 g/mol. The molecule has 1 aromatic carbocycles. The van der Waals surface area contributed by atoms with Crippen LogP contribution in [0.25, 0.3) is 0 Å². The van der Waals surface area contributed by atoms with Gasteiger partial charge in [-0.1, -0.05) is 11.6 Å². The maximum Gasteiger partial charge on any atom is 0.150 e. The quantitative estimate of drug-likeness (QED) is 0.887. The van der Waals surface area contributed by atoms with Crippen molar-refractivity contribution in [3.05, 3.63) is 28.8 Å². The van der Waals surface area contributed by atoms with Gasteiger partial charge in [0.05, 0.1) is 16.3 Å². The van der Waals surface area contributed by atoms with E-state index < -0.39 is 11.6 Å². The van der Waals surface area contributed by atoms with Crippen LogP contribution >= 0.6 is 23.4 Å². The third kappa shape index (κ3) is 2.90. The molecule has 2 aliphatic rings. The second-order valence-corrected chi connectivity index (χ2v) is 6.92. The summed E-state index contributed by atoms with van der Waals surface area (Å²) in [5.41, 5.74) is 0.115. The molecule has 0 amide bonds. The lowest BCUT2D eigenvalue weighted by Gasteiger charge is -2.38. The summed E-state index contributed by atoms with van der Waals surface area (Å²) in [5.74, 6) is 0.799. The second-order valence-electron chi connectivity index (χ2n) is 5.41. The fraction of sp³-hybridized carbons (Fsp3) is 0.571. The van der Waals surface area contributed by atoms with E-state index in [1.165, 1.54) is 0 Å². The van der Waals surface area contributed by atoms with Crippen molar-refractivity contribution in [3.63, 3.8) is 0 Å². The van der Waals surface area contributed by atoms with Gasteiger partial charge in [-0.05, 0) is 31.1 Å². The van der Waals surface area contributed by atoms with Gasteiger partial charge in [0.2, 0.25) is 0 Å². The first kappa shape index (κ1) is 14.4. The van der Waals surface area contributed by atoms with E-state index in [-0.39, 0.29) is 22.4 Å². The molecular formula is C14H16ClF2NOS. The predicted octanol–water partition coefficient (Wildman–Crippen LogP) is 4.08. The van der Waals surface area contributed by atoms with Crippen molar-refractivity contribution < 1.29 is 13.5 Å². The van der Waals surface area contributed by atoms with Crippen LogP contribution in [0.2, 0.25) is 5.02 Å². The molecule has 1 spiro atoms. The third-order valence-electron chi connectivity index (χ3n) is 3.92. The molecule has 2 aliphatic heterocycles. The summed E-state index contributed by atoms with van der Waals surface area (Å²) in [4.78, 5) is 0. The number of anilines is 1. The van der Waals surface area contributed by atoms with Crippen LogP contribution in [-0.2, 0) is 4.74 Å². The molecule has 6 heteroatoms. The summed E-state index contributed by atoms with van der Waals surface area (Å²) < 4.78 is 32.8. The molecule has 1 N–H and O–H groups in total. The van der Waals surface area contributed by atoms with Crippen molar-refractivity contribution in [2.24, 2.45) is 0 Å². The van der Waals surface area contributed by atoms with Gasteiger partial charge in [0.15, 0.2) is 5.82 Å². The minimum Gasteiger partial charge on any atom is -0.379 e. The fourth-order valence-electron chi connectivity index (χ4n) is 2.90. The molecule has 0 aliphatic carbocycles. The maximum atomic E-state index is 13.8. The van der Waals surface area contributed by atoms with Gasteiger partial charge in [-0.25, -0.2) is 8.78 Å². The van der Waals surface area contributed by atoms with E-state index in [1.807, 2.05) is 11.8 Å². The van der Waals surface area contributed by atoms with Crippen LogP contribution in [0, 0.1) is 11.6 Å². The number of nitrogens with one attached hydrogen (secondary N) is 1. The van der Waals surface area contributed by atoms with Gasteiger partial charge in [-0.2, -0.15) is 11.8 Å². The van der Waals surface area contributed by atoms with Crippen molar-refractivity contribution in [2.75, 3.05) is 23.4 Å². The first-order chi connectivity index (χ1) is 9.58. The summed E-state index contributed by atoms with van der Waals surface area (Å²) in [5, 5.41) is 3.22. The zero-order chi connectivity index (χ0) is 14.2. The summed E-state index contributed by atoms with van der Waals surface area (Å²) in [6, 6.07) is 2.10. The molecule has 20 heavy (non-hydrogen) atoms. The Bertz CT molecular complexity index is 485. The number of thioether (sulfide) groups is 1. The fourth-order valence-corrected chi connectivity index (χ4v) is 4.53. The highest BCUT2D eigenvalue weighted by Crippen LogP contribution is 2.39. The average molecular weight is 320 g/mol. The average Bonchev–Trinajstić information content (AvgIpc) is 2.82. The van der Waals surface area contributed by atoms with E-state index in [0.717, 1.165) is 42.9 Å². The number of ether oxygens (including phenoxy) is 1. The molecule has 2 unspecified atom stereocenters. The van der Waals surface area contributed by atoms with Gasteiger partial charge in [0.25, 0.3) is 0 Å². The first-order valence-electron chi connectivity index (χ1n) is 6.71. The number of hydrogen-bond donors (Lipinski definition) is 1. The smallest absolute Gasteiger partial charge is 0.150 e. The van der Waals surface area contributed by atoms with E-state index >= 15 is 0 Å². The normalized spacial score (nSPS) is 29.9. The van der Waals surface area contributed by atoms with Gasteiger partial charge in [0, 0.05) is 24.5 Å². The SMILES string of the molecule is Fc1cc(F)c(NC2CCOC3(CCSC3)C2)c(Cl)c1. The van der Waals surface area contributed by atoms with Gasteiger partial charge in [0.1, 0.15) is 5.82 Å².